The van der Waals surface area contributed by atoms with Crippen molar-refractivity contribution >= 4 is 22.4 Å². The highest BCUT2D eigenvalue weighted by molar-refractivity contribution is 7.19. The van der Waals surface area contributed by atoms with Crippen LogP contribution < -0.4 is 5.32 Å². The summed E-state index contributed by atoms with van der Waals surface area (Å²) < 4.78 is 31.4. The molecular weight excluding hydrogens is 314 g/mol. The number of rotatable bonds is 4. The number of thiazole rings is 1. The number of halogens is 2. The molecule has 0 aromatic carbocycles. The zero-order valence-corrected chi connectivity index (χ0v) is 12.1. The number of aromatic nitrogens is 3. The molecule has 22 heavy (non-hydrogen) atoms. The molecular formula is C13H10F2N4O2S. The Kier molecular flexibility index (Phi) is 3.72. The number of amides is 1. The van der Waals surface area contributed by atoms with Gasteiger partial charge in [0.2, 0.25) is 0 Å². The molecule has 0 atom stereocenters. The van der Waals surface area contributed by atoms with E-state index in [4.69, 9.17) is 4.42 Å². The third-order valence-corrected chi connectivity index (χ3v) is 3.95. The van der Waals surface area contributed by atoms with E-state index >= 15 is 0 Å². The molecule has 0 aliphatic carbocycles. The van der Waals surface area contributed by atoms with Crippen molar-refractivity contribution in [2.75, 3.05) is 5.32 Å². The second-order valence-corrected chi connectivity index (χ2v) is 5.33. The van der Waals surface area contributed by atoms with E-state index in [1.54, 1.807) is 6.92 Å². The molecule has 114 valence electrons. The maximum atomic E-state index is 12.9. The molecule has 3 heterocycles. The van der Waals surface area contributed by atoms with Gasteiger partial charge in [0.25, 0.3) is 5.91 Å². The van der Waals surface area contributed by atoms with Crippen molar-refractivity contribution < 1.29 is 18.0 Å². The molecule has 0 unspecified atom stereocenters. The molecule has 0 spiro atoms. The van der Waals surface area contributed by atoms with E-state index in [0.29, 0.717) is 21.3 Å². The van der Waals surface area contributed by atoms with E-state index in [1.165, 1.54) is 31.0 Å². The van der Waals surface area contributed by atoms with Crippen LogP contribution >= 0.6 is 11.3 Å². The van der Waals surface area contributed by atoms with Crippen LogP contribution in [0.5, 0.6) is 0 Å². The molecule has 0 saturated heterocycles. The van der Waals surface area contributed by atoms with E-state index in [-0.39, 0.29) is 11.7 Å². The first-order chi connectivity index (χ1) is 10.6. The predicted molar refractivity (Wildman–Crippen MR) is 76.0 cm³/mol. The molecule has 0 aliphatic rings. The molecule has 1 amide bonds. The molecule has 6 nitrogen and oxygen atoms in total. The molecule has 3 rings (SSSR count). The number of hydrogen-bond acceptors (Lipinski definition) is 5. The highest BCUT2D eigenvalue weighted by Gasteiger charge is 2.19. The fourth-order valence-electron chi connectivity index (χ4n) is 1.87. The maximum Gasteiger partial charge on any atom is 0.320 e. The highest BCUT2D eigenvalue weighted by atomic mass is 32.1. The first-order valence-corrected chi connectivity index (χ1v) is 7.00. The molecule has 0 radical (unpaired) electrons. The molecule has 3 aromatic heterocycles. The molecule has 9 heteroatoms. The standard InChI is InChI=1S/C13H10F2N4O2S/c1-7-9(10-16-3-4-19(10)12(14)15)22-13(17-7)18-11(20)8-2-5-21-6-8/h2-6,12H,1H3,(H,17,18,20). The number of furan rings is 1. The summed E-state index contributed by atoms with van der Waals surface area (Å²) in [4.78, 5) is 20.5. The summed E-state index contributed by atoms with van der Waals surface area (Å²) in [5.41, 5.74) is 0.865. The van der Waals surface area contributed by atoms with Gasteiger partial charge in [0.15, 0.2) is 11.0 Å². The number of imidazole rings is 1. The lowest BCUT2D eigenvalue weighted by Gasteiger charge is -2.04. The van der Waals surface area contributed by atoms with E-state index in [2.05, 4.69) is 15.3 Å². The largest absolute Gasteiger partial charge is 0.472 e. The summed E-state index contributed by atoms with van der Waals surface area (Å²) in [6, 6.07) is 1.51. The van der Waals surface area contributed by atoms with Crippen LogP contribution in [0.3, 0.4) is 0 Å². The first-order valence-electron chi connectivity index (χ1n) is 6.18. The van der Waals surface area contributed by atoms with E-state index < -0.39 is 6.55 Å². The molecule has 0 fully saturated rings. The smallest absolute Gasteiger partial charge is 0.320 e. The fraction of sp³-hybridized carbons (Fsp3) is 0.154. The second kappa shape index (κ2) is 5.68. The van der Waals surface area contributed by atoms with Crippen molar-refractivity contribution in [1.82, 2.24) is 14.5 Å². The number of anilines is 1. The number of alkyl halides is 2. The monoisotopic (exact) mass is 324 g/mol. The van der Waals surface area contributed by atoms with Crippen LogP contribution in [0.2, 0.25) is 0 Å². The Bertz CT molecular complexity index is 795. The lowest BCUT2D eigenvalue weighted by atomic mass is 10.3. The maximum absolute atomic E-state index is 12.9. The van der Waals surface area contributed by atoms with Crippen molar-refractivity contribution in [1.29, 1.82) is 0 Å². The third-order valence-electron chi connectivity index (χ3n) is 2.88. The van der Waals surface area contributed by atoms with Crippen molar-refractivity contribution in [2.45, 2.75) is 13.5 Å². The number of hydrogen-bond donors (Lipinski definition) is 1. The van der Waals surface area contributed by atoms with Crippen LogP contribution in [0.1, 0.15) is 22.6 Å². The molecule has 0 bridgehead atoms. The second-order valence-electron chi connectivity index (χ2n) is 4.34. The topological polar surface area (TPSA) is 73.0 Å². The summed E-state index contributed by atoms with van der Waals surface area (Å²) in [5.74, 6) is -0.264. The summed E-state index contributed by atoms with van der Waals surface area (Å²) >= 11 is 1.08. The number of nitrogens with one attached hydrogen (secondary N) is 1. The van der Waals surface area contributed by atoms with Gasteiger partial charge in [-0.3, -0.25) is 14.7 Å². The Balaban J connectivity index is 1.88. The molecule has 0 saturated carbocycles. The van der Waals surface area contributed by atoms with E-state index in [0.717, 1.165) is 15.9 Å². The third kappa shape index (κ3) is 2.62. The minimum absolute atomic E-state index is 0.119. The lowest BCUT2D eigenvalue weighted by molar-refractivity contribution is 0.0720. The van der Waals surface area contributed by atoms with Gasteiger partial charge in [0.05, 0.1) is 22.4 Å². The summed E-state index contributed by atoms with van der Waals surface area (Å²) in [5, 5.41) is 2.91. The molecule has 0 aliphatic heterocycles. The zero-order chi connectivity index (χ0) is 15.7. The van der Waals surface area contributed by atoms with Crippen LogP contribution in [-0.2, 0) is 0 Å². The van der Waals surface area contributed by atoms with Gasteiger partial charge in [-0.25, -0.2) is 9.97 Å². The summed E-state index contributed by atoms with van der Waals surface area (Å²) in [6.07, 6.45) is 5.18. The zero-order valence-electron chi connectivity index (χ0n) is 11.3. The van der Waals surface area contributed by atoms with Gasteiger partial charge < -0.3 is 4.42 Å². The van der Waals surface area contributed by atoms with Crippen molar-refractivity contribution in [2.24, 2.45) is 0 Å². The molecule has 3 aromatic rings. The first kappa shape index (κ1) is 14.4. The Labute approximate surface area is 127 Å². The van der Waals surface area contributed by atoms with Crippen LogP contribution in [-0.4, -0.2) is 20.4 Å². The Morgan fingerprint density at radius 3 is 3.00 bits per heavy atom. The highest BCUT2D eigenvalue weighted by Crippen LogP contribution is 2.33. The SMILES string of the molecule is Cc1nc(NC(=O)c2ccoc2)sc1-c1nccn1C(F)F. The van der Waals surface area contributed by atoms with Gasteiger partial charge in [-0.2, -0.15) is 8.78 Å². The Morgan fingerprint density at radius 1 is 1.50 bits per heavy atom. The van der Waals surface area contributed by atoms with Gasteiger partial charge in [-0.1, -0.05) is 11.3 Å². The van der Waals surface area contributed by atoms with Gasteiger partial charge in [0, 0.05) is 12.4 Å². The molecule has 1 N–H and O–H groups in total. The van der Waals surface area contributed by atoms with E-state index in [1.807, 2.05) is 0 Å². The van der Waals surface area contributed by atoms with Crippen molar-refractivity contribution in [3.63, 3.8) is 0 Å². The van der Waals surface area contributed by atoms with Crippen LogP contribution in [0, 0.1) is 6.92 Å². The van der Waals surface area contributed by atoms with Crippen LogP contribution in [0.25, 0.3) is 10.7 Å². The summed E-state index contributed by atoms with van der Waals surface area (Å²) in [7, 11) is 0. The number of aryl methyl sites for hydroxylation is 1. The van der Waals surface area contributed by atoms with Gasteiger partial charge in [-0.05, 0) is 13.0 Å². The van der Waals surface area contributed by atoms with Crippen molar-refractivity contribution in [3.8, 4) is 10.7 Å². The van der Waals surface area contributed by atoms with Crippen molar-refractivity contribution in [3.05, 3.63) is 42.2 Å². The Hall–Kier alpha value is -2.55. The average Bonchev–Trinajstić information content (AvgIpc) is 3.17. The van der Waals surface area contributed by atoms with Crippen LogP contribution in [0.15, 0.2) is 35.4 Å². The van der Waals surface area contributed by atoms with Gasteiger partial charge in [0.1, 0.15) is 6.26 Å². The number of nitrogens with zero attached hydrogens (tertiary/aromatic N) is 3. The quantitative estimate of drug-likeness (QED) is 0.796. The van der Waals surface area contributed by atoms with Gasteiger partial charge >= 0.3 is 6.55 Å². The summed E-state index contributed by atoms with van der Waals surface area (Å²) in [6.45, 7) is -1.02. The average molecular weight is 324 g/mol. The number of carbonyl (C=O) groups is 1. The fourth-order valence-corrected chi connectivity index (χ4v) is 2.83. The minimum atomic E-state index is -2.69. The Morgan fingerprint density at radius 2 is 2.32 bits per heavy atom. The van der Waals surface area contributed by atoms with E-state index in [9.17, 15) is 13.6 Å². The van der Waals surface area contributed by atoms with Gasteiger partial charge in [-0.15, -0.1) is 0 Å². The van der Waals surface area contributed by atoms with Crippen LogP contribution in [0.4, 0.5) is 13.9 Å². The normalized spacial score (nSPS) is 11.1. The number of carbonyl (C=O) groups excluding carboxylic acids is 1. The lowest BCUT2D eigenvalue weighted by Crippen LogP contribution is -2.10. The predicted octanol–water partition coefficient (Wildman–Crippen LogP) is 3.56. The minimum Gasteiger partial charge on any atom is -0.472 e.